The van der Waals surface area contributed by atoms with Crippen LogP contribution >= 0.6 is 11.8 Å². The number of ether oxygens (including phenoxy) is 3. The van der Waals surface area contributed by atoms with E-state index in [4.69, 9.17) is 14.2 Å². The maximum Gasteiger partial charge on any atom is 0.412 e. The standard InChI is InChI=1S/C17H24FN3O6S/c1-3-4-5-6-7-25-17(24)20-15-12(18)8-21(16(23)19-15)13-10-28-14(27-13)9-26-11(2)22/h8,13-14H,3-7,9-10H2,1-2H3,(H,19,20,23,24)/t13-,14+/m0/s1. The third-order valence-electron chi connectivity index (χ3n) is 3.82. The van der Waals surface area contributed by atoms with Gasteiger partial charge in [-0.3, -0.25) is 14.7 Å². The van der Waals surface area contributed by atoms with Crippen molar-refractivity contribution in [2.75, 3.05) is 24.3 Å². The van der Waals surface area contributed by atoms with Gasteiger partial charge in [-0.1, -0.05) is 26.2 Å². The van der Waals surface area contributed by atoms with Gasteiger partial charge in [0.15, 0.2) is 11.6 Å². The van der Waals surface area contributed by atoms with Crippen LogP contribution in [0.15, 0.2) is 11.0 Å². The van der Waals surface area contributed by atoms with E-state index < -0.39 is 41.1 Å². The van der Waals surface area contributed by atoms with Crippen molar-refractivity contribution in [3.05, 3.63) is 22.5 Å². The van der Waals surface area contributed by atoms with Gasteiger partial charge in [-0.15, -0.1) is 11.8 Å². The SMILES string of the molecule is CCCCCCOC(=O)Nc1nc(=O)n([C@@H]2CS[C@H](COC(C)=O)O2)cc1F. The zero-order valence-corrected chi connectivity index (χ0v) is 16.6. The summed E-state index contributed by atoms with van der Waals surface area (Å²) in [6.45, 7) is 3.59. The van der Waals surface area contributed by atoms with Crippen molar-refractivity contribution >= 4 is 29.6 Å². The van der Waals surface area contributed by atoms with E-state index in [9.17, 15) is 18.8 Å². The lowest BCUT2D eigenvalue weighted by Gasteiger charge is -2.15. The van der Waals surface area contributed by atoms with Crippen LogP contribution in [0.25, 0.3) is 0 Å². The molecule has 2 heterocycles. The first kappa shape index (κ1) is 22.2. The Balaban J connectivity index is 1.91. The lowest BCUT2D eigenvalue weighted by molar-refractivity contribution is -0.144. The highest BCUT2D eigenvalue weighted by Gasteiger charge is 2.29. The summed E-state index contributed by atoms with van der Waals surface area (Å²) in [6.07, 6.45) is 3.06. The molecule has 1 aliphatic rings. The summed E-state index contributed by atoms with van der Waals surface area (Å²) < 4.78 is 30.6. The number of carbonyl (C=O) groups is 2. The summed E-state index contributed by atoms with van der Waals surface area (Å²) in [5, 5.41) is 2.14. The molecule has 0 aromatic carbocycles. The normalized spacial score (nSPS) is 18.7. The number of thioether (sulfide) groups is 1. The second-order valence-corrected chi connectivity index (χ2v) is 7.30. The molecule has 1 saturated heterocycles. The number of nitrogens with one attached hydrogen (secondary N) is 1. The van der Waals surface area contributed by atoms with Crippen LogP contribution in [0, 0.1) is 5.82 Å². The third-order valence-corrected chi connectivity index (χ3v) is 4.92. The number of esters is 1. The van der Waals surface area contributed by atoms with E-state index in [-0.39, 0.29) is 13.2 Å². The number of hydrogen-bond donors (Lipinski definition) is 1. The molecule has 0 saturated carbocycles. The first-order valence-corrected chi connectivity index (χ1v) is 10.1. The van der Waals surface area contributed by atoms with Crippen LogP contribution in [0.1, 0.15) is 45.8 Å². The summed E-state index contributed by atoms with van der Waals surface area (Å²) in [6, 6.07) is 0. The quantitative estimate of drug-likeness (QED) is 0.483. The van der Waals surface area contributed by atoms with Gasteiger partial charge < -0.3 is 14.2 Å². The number of hydrogen-bond acceptors (Lipinski definition) is 8. The van der Waals surface area contributed by atoms with Crippen molar-refractivity contribution in [1.29, 1.82) is 0 Å². The summed E-state index contributed by atoms with van der Waals surface area (Å²) in [4.78, 5) is 38.3. The van der Waals surface area contributed by atoms with E-state index in [2.05, 4.69) is 17.2 Å². The Morgan fingerprint density at radius 2 is 2.18 bits per heavy atom. The fourth-order valence-corrected chi connectivity index (χ4v) is 3.42. The van der Waals surface area contributed by atoms with Crippen molar-refractivity contribution in [2.45, 2.75) is 51.2 Å². The van der Waals surface area contributed by atoms with E-state index in [1.807, 2.05) is 0 Å². The molecule has 1 aromatic rings. The van der Waals surface area contributed by atoms with Crippen LogP contribution in [-0.4, -0.2) is 46.0 Å². The van der Waals surface area contributed by atoms with Gasteiger partial charge in [0, 0.05) is 12.7 Å². The van der Waals surface area contributed by atoms with Crippen LogP contribution in [0.3, 0.4) is 0 Å². The molecule has 1 fully saturated rings. The summed E-state index contributed by atoms with van der Waals surface area (Å²) >= 11 is 1.33. The zero-order valence-electron chi connectivity index (χ0n) is 15.8. The van der Waals surface area contributed by atoms with Crippen LogP contribution in [0.5, 0.6) is 0 Å². The van der Waals surface area contributed by atoms with Crippen LogP contribution in [0.2, 0.25) is 0 Å². The third kappa shape index (κ3) is 6.79. The fraction of sp³-hybridized carbons (Fsp3) is 0.647. The van der Waals surface area contributed by atoms with Gasteiger partial charge in [-0.25, -0.2) is 14.0 Å². The van der Waals surface area contributed by atoms with E-state index >= 15 is 0 Å². The molecule has 0 aliphatic carbocycles. The van der Waals surface area contributed by atoms with Crippen LogP contribution in [0.4, 0.5) is 15.0 Å². The second kappa shape index (κ2) is 11.0. The number of carbonyl (C=O) groups excluding carboxylic acids is 2. The highest BCUT2D eigenvalue weighted by molar-refractivity contribution is 8.00. The van der Waals surface area contributed by atoms with Gasteiger partial charge in [0.05, 0.1) is 12.8 Å². The van der Waals surface area contributed by atoms with Gasteiger partial charge in [-0.05, 0) is 6.42 Å². The first-order valence-electron chi connectivity index (χ1n) is 9.03. The van der Waals surface area contributed by atoms with E-state index in [1.54, 1.807) is 0 Å². The Hall–Kier alpha value is -2.14. The van der Waals surface area contributed by atoms with Gasteiger partial charge in [0.2, 0.25) is 0 Å². The number of nitrogens with zero attached hydrogens (tertiary/aromatic N) is 2. The lowest BCUT2D eigenvalue weighted by Crippen LogP contribution is -2.31. The highest BCUT2D eigenvalue weighted by atomic mass is 32.2. The summed E-state index contributed by atoms with van der Waals surface area (Å²) in [5.41, 5.74) is -1.23. The maximum absolute atomic E-state index is 14.3. The minimum atomic E-state index is -0.889. The summed E-state index contributed by atoms with van der Waals surface area (Å²) in [7, 11) is 0. The predicted octanol–water partition coefficient (Wildman–Crippen LogP) is 2.66. The molecule has 1 aliphatic heterocycles. The first-order chi connectivity index (χ1) is 13.4. The largest absolute Gasteiger partial charge is 0.462 e. The molecular weight excluding hydrogens is 393 g/mol. The Morgan fingerprint density at radius 1 is 1.39 bits per heavy atom. The smallest absolute Gasteiger partial charge is 0.412 e. The molecule has 0 unspecified atom stereocenters. The van der Waals surface area contributed by atoms with Gasteiger partial charge in [0.25, 0.3) is 0 Å². The van der Waals surface area contributed by atoms with Gasteiger partial charge >= 0.3 is 17.8 Å². The molecule has 9 nitrogen and oxygen atoms in total. The molecule has 0 radical (unpaired) electrons. The molecule has 2 rings (SSSR count). The van der Waals surface area contributed by atoms with Gasteiger partial charge in [0.1, 0.15) is 18.3 Å². The molecule has 1 amide bonds. The van der Waals surface area contributed by atoms with Gasteiger partial charge in [-0.2, -0.15) is 4.98 Å². The Kier molecular flexibility index (Phi) is 8.71. The second-order valence-electron chi connectivity index (χ2n) is 6.11. The highest BCUT2D eigenvalue weighted by Crippen LogP contribution is 2.31. The molecule has 2 atom stereocenters. The molecule has 0 bridgehead atoms. The number of anilines is 1. The summed E-state index contributed by atoms with van der Waals surface area (Å²) in [5.74, 6) is -1.47. The number of rotatable bonds is 9. The van der Waals surface area contributed by atoms with Crippen molar-refractivity contribution < 1.29 is 28.2 Å². The van der Waals surface area contributed by atoms with Crippen LogP contribution in [-0.2, 0) is 19.0 Å². The topological polar surface area (TPSA) is 109 Å². The van der Waals surface area contributed by atoms with E-state index in [1.165, 1.54) is 18.7 Å². The molecule has 0 spiro atoms. The van der Waals surface area contributed by atoms with Crippen molar-refractivity contribution in [1.82, 2.24) is 9.55 Å². The Labute approximate surface area is 165 Å². The lowest BCUT2D eigenvalue weighted by atomic mass is 10.2. The average molecular weight is 417 g/mol. The van der Waals surface area contributed by atoms with Crippen molar-refractivity contribution in [3.63, 3.8) is 0 Å². The zero-order chi connectivity index (χ0) is 20.5. The van der Waals surface area contributed by atoms with E-state index in [0.29, 0.717) is 12.2 Å². The number of aromatic nitrogens is 2. The Bertz CT molecular complexity index is 744. The molecule has 28 heavy (non-hydrogen) atoms. The molecule has 11 heteroatoms. The minimum Gasteiger partial charge on any atom is -0.462 e. The number of amides is 1. The predicted molar refractivity (Wildman–Crippen MR) is 101 cm³/mol. The molecular formula is C17H24FN3O6S. The molecule has 156 valence electrons. The van der Waals surface area contributed by atoms with Crippen molar-refractivity contribution in [2.24, 2.45) is 0 Å². The molecule has 1 aromatic heterocycles. The number of unbranched alkanes of at least 4 members (excludes halogenated alkanes) is 3. The average Bonchev–Trinajstić information content (AvgIpc) is 3.11. The van der Waals surface area contributed by atoms with E-state index in [0.717, 1.165) is 30.0 Å². The fourth-order valence-electron chi connectivity index (χ4n) is 2.43. The molecule has 1 N–H and O–H groups in total. The maximum atomic E-state index is 14.3. The minimum absolute atomic E-state index is 0.0326. The monoisotopic (exact) mass is 417 g/mol. The Morgan fingerprint density at radius 3 is 2.89 bits per heavy atom. The van der Waals surface area contributed by atoms with Crippen molar-refractivity contribution in [3.8, 4) is 0 Å². The van der Waals surface area contributed by atoms with Crippen LogP contribution < -0.4 is 11.0 Å². The number of halogens is 1.